The molecule has 0 unspecified atom stereocenters. The number of aryl methyl sites for hydroxylation is 1. The number of halogens is 3. The molecule has 100 valence electrons. The molecule has 4 nitrogen and oxygen atoms in total. The quantitative estimate of drug-likeness (QED) is 0.912. The van der Waals surface area contributed by atoms with Crippen LogP contribution in [0.3, 0.4) is 0 Å². The third kappa shape index (κ3) is 2.59. The van der Waals surface area contributed by atoms with Crippen LogP contribution in [0, 0.1) is 6.92 Å². The summed E-state index contributed by atoms with van der Waals surface area (Å²) in [5, 5.41) is 8.88. The van der Waals surface area contributed by atoms with Crippen molar-refractivity contribution < 1.29 is 23.1 Å². The molecular weight excluding hydrogens is 261 g/mol. The van der Waals surface area contributed by atoms with Crippen LogP contribution in [-0.4, -0.2) is 20.6 Å². The summed E-state index contributed by atoms with van der Waals surface area (Å²) in [7, 11) is 0. The van der Waals surface area contributed by atoms with E-state index >= 15 is 0 Å². The molecule has 0 fully saturated rings. The van der Waals surface area contributed by atoms with E-state index in [0.29, 0.717) is 11.4 Å². The van der Waals surface area contributed by atoms with E-state index in [4.69, 9.17) is 5.11 Å². The zero-order valence-electron chi connectivity index (χ0n) is 9.77. The van der Waals surface area contributed by atoms with Gasteiger partial charge in [-0.1, -0.05) is 0 Å². The van der Waals surface area contributed by atoms with E-state index in [9.17, 15) is 18.0 Å². The number of imidazole rings is 1. The molecule has 19 heavy (non-hydrogen) atoms. The fraction of sp³-hybridized carbons (Fsp3) is 0.167. The van der Waals surface area contributed by atoms with Gasteiger partial charge in [0.1, 0.15) is 0 Å². The molecule has 0 aliphatic heterocycles. The van der Waals surface area contributed by atoms with Crippen LogP contribution in [0.1, 0.15) is 21.6 Å². The summed E-state index contributed by atoms with van der Waals surface area (Å²) in [6.45, 7) is 1.72. The standard InChI is InChI=1S/C12H9F3N2O2/c1-7-5-17(6-16-7)8-2-3-10(12(13,14)15)9(4-8)11(18)19/h2-6H,1H3,(H,18,19). The van der Waals surface area contributed by atoms with Crippen molar-refractivity contribution in [2.45, 2.75) is 13.1 Å². The third-order valence-electron chi connectivity index (χ3n) is 2.55. The van der Waals surface area contributed by atoms with Crippen molar-refractivity contribution >= 4 is 5.97 Å². The zero-order chi connectivity index (χ0) is 14.2. The van der Waals surface area contributed by atoms with Crippen LogP contribution in [0.2, 0.25) is 0 Å². The average Bonchev–Trinajstić information content (AvgIpc) is 2.74. The molecule has 7 heteroatoms. The summed E-state index contributed by atoms with van der Waals surface area (Å²) in [5.41, 5.74) is -0.959. The molecule has 0 saturated carbocycles. The van der Waals surface area contributed by atoms with Crippen LogP contribution >= 0.6 is 0 Å². The molecule has 1 heterocycles. The van der Waals surface area contributed by atoms with Gasteiger partial charge in [-0.15, -0.1) is 0 Å². The predicted molar refractivity (Wildman–Crippen MR) is 60.3 cm³/mol. The Bertz CT molecular complexity index is 632. The van der Waals surface area contributed by atoms with Gasteiger partial charge in [-0.3, -0.25) is 0 Å². The van der Waals surface area contributed by atoms with Gasteiger partial charge in [0.2, 0.25) is 0 Å². The second-order valence-electron chi connectivity index (χ2n) is 3.96. The summed E-state index contributed by atoms with van der Waals surface area (Å²) in [4.78, 5) is 14.9. The highest BCUT2D eigenvalue weighted by molar-refractivity contribution is 5.90. The Morgan fingerprint density at radius 2 is 2.05 bits per heavy atom. The maximum absolute atomic E-state index is 12.7. The van der Waals surface area contributed by atoms with E-state index in [0.717, 1.165) is 12.1 Å². The summed E-state index contributed by atoms with van der Waals surface area (Å²) >= 11 is 0. The van der Waals surface area contributed by atoms with Gasteiger partial charge in [0.25, 0.3) is 0 Å². The molecule has 0 saturated heterocycles. The SMILES string of the molecule is Cc1cn(-c2ccc(C(F)(F)F)c(C(=O)O)c2)cn1. The first-order chi connectivity index (χ1) is 8.79. The summed E-state index contributed by atoms with van der Waals surface area (Å²) < 4.78 is 39.5. The van der Waals surface area contributed by atoms with Crippen molar-refractivity contribution in [3.05, 3.63) is 47.5 Å². The van der Waals surface area contributed by atoms with Gasteiger partial charge in [0, 0.05) is 11.9 Å². The third-order valence-corrected chi connectivity index (χ3v) is 2.55. The van der Waals surface area contributed by atoms with Crippen molar-refractivity contribution in [2.24, 2.45) is 0 Å². The molecular formula is C12H9F3N2O2. The van der Waals surface area contributed by atoms with Crippen LogP contribution in [0.25, 0.3) is 5.69 Å². The van der Waals surface area contributed by atoms with E-state index < -0.39 is 23.3 Å². The number of aromatic nitrogens is 2. The number of hydrogen-bond donors (Lipinski definition) is 1. The number of carboxylic acids is 1. The monoisotopic (exact) mass is 270 g/mol. The first kappa shape index (κ1) is 13.1. The number of benzene rings is 1. The normalized spacial score (nSPS) is 11.6. The van der Waals surface area contributed by atoms with E-state index in [2.05, 4.69) is 4.98 Å². The lowest BCUT2D eigenvalue weighted by Gasteiger charge is -2.12. The first-order valence-electron chi connectivity index (χ1n) is 5.24. The molecule has 0 aliphatic carbocycles. The summed E-state index contributed by atoms with van der Waals surface area (Å²) in [6, 6.07) is 2.94. The molecule has 1 aromatic carbocycles. The van der Waals surface area contributed by atoms with Crippen molar-refractivity contribution in [2.75, 3.05) is 0 Å². The van der Waals surface area contributed by atoms with Crippen LogP contribution in [-0.2, 0) is 6.18 Å². The second kappa shape index (κ2) is 4.42. The molecule has 1 N–H and O–H groups in total. The Kier molecular flexibility index (Phi) is 3.05. The lowest BCUT2D eigenvalue weighted by Crippen LogP contribution is -2.13. The zero-order valence-corrected chi connectivity index (χ0v) is 9.77. The molecule has 0 aliphatic rings. The van der Waals surface area contributed by atoms with Gasteiger partial charge >= 0.3 is 12.1 Å². The lowest BCUT2D eigenvalue weighted by molar-refractivity contribution is -0.138. The Hall–Kier alpha value is -2.31. The molecule has 2 rings (SSSR count). The number of carboxylic acid groups (broad SMARTS) is 1. The van der Waals surface area contributed by atoms with Crippen molar-refractivity contribution in [1.82, 2.24) is 9.55 Å². The average molecular weight is 270 g/mol. The van der Waals surface area contributed by atoms with Crippen molar-refractivity contribution in [3.8, 4) is 5.69 Å². The van der Waals surface area contributed by atoms with Gasteiger partial charge in [-0.05, 0) is 25.1 Å². The smallest absolute Gasteiger partial charge is 0.417 e. The molecule has 0 amide bonds. The van der Waals surface area contributed by atoms with E-state index in [1.807, 2.05) is 0 Å². The summed E-state index contributed by atoms with van der Waals surface area (Å²) in [6.07, 6.45) is -1.70. The Labute approximate surface area is 106 Å². The van der Waals surface area contributed by atoms with Gasteiger partial charge in [0.05, 0.1) is 23.1 Å². The fourth-order valence-electron chi connectivity index (χ4n) is 1.68. The minimum atomic E-state index is -4.70. The number of hydrogen-bond acceptors (Lipinski definition) is 2. The number of alkyl halides is 3. The minimum absolute atomic E-state index is 0.311. The maximum Gasteiger partial charge on any atom is 0.417 e. The van der Waals surface area contributed by atoms with E-state index in [1.54, 1.807) is 13.1 Å². The number of carbonyl (C=O) groups is 1. The van der Waals surface area contributed by atoms with Gasteiger partial charge in [-0.2, -0.15) is 13.2 Å². The van der Waals surface area contributed by atoms with E-state index in [-0.39, 0.29) is 0 Å². The maximum atomic E-state index is 12.7. The Morgan fingerprint density at radius 3 is 2.53 bits per heavy atom. The molecule has 1 aromatic heterocycles. The molecule has 0 spiro atoms. The number of nitrogens with zero attached hydrogens (tertiary/aromatic N) is 2. The molecule has 0 radical (unpaired) electrons. The Morgan fingerprint density at radius 1 is 1.37 bits per heavy atom. The van der Waals surface area contributed by atoms with Crippen LogP contribution in [0.4, 0.5) is 13.2 Å². The van der Waals surface area contributed by atoms with Crippen LogP contribution in [0.5, 0.6) is 0 Å². The first-order valence-corrected chi connectivity index (χ1v) is 5.24. The van der Waals surface area contributed by atoms with Gasteiger partial charge < -0.3 is 9.67 Å². The predicted octanol–water partition coefficient (Wildman–Crippen LogP) is 2.90. The van der Waals surface area contributed by atoms with Crippen LogP contribution < -0.4 is 0 Å². The lowest BCUT2D eigenvalue weighted by atomic mass is 10.1. The highest BCUT2D eigenvalue weighted by Crippen LogP contribution is 2.33. The van der Waals surface area contributed by atoms with E-state index in [1.165, 1.54) is 17.0 Å². The molecule has 0 bridgehead atoms. The molecule has 0 atom stereocenters. The van der Waals surface area contributed by atoms with Crippen molar-refractivity contribution in [3.63, 3.8) is 0 Å². The van der Waals surface area contributed by atoms with Crippen molar-refractivity contribution in [1.29, 1.82) is 0 Å². The molecule has 2 aromatic rings. The number of aromatic carboxylic acids is 1. The largest absolute Gasteiger partial charge is 0.478 e. The summed E-state index contributed by atoms with van der Waals surface area (Å²) in [5.74, 6) is -1.62. The van der Waals surface area contributed by atoms with Crippen LogP contribution in [0.15, 0.2) is 30.7 Å². The van der Waals surface area contributed by atoms with Gasteiger partial charge in [-0.25, -0.2) is 9.78 Å². The topological polar surface area (TPSA) is 55.1 Å². The highest BCUT2D eigenvalue weighted by atomic mass is 19.4. The number of rotatable bonds is 2. The fourth-order valence-corrected chi connectivity index (χ4v) is 1.68. The second-order valence-corrected chi connectivity index (χ2v) is 3.96. The van der Waals surface area contributed by atoms with Gasteiger partial charge in [0.15, 0.2) is 0 Å². The highest BCUT2D eigenvalue weighted by Gasteiger charge is 2.35. The Balaban J connectivity index is 2.57. The minimum Gasteiger partial charge on any atom is -0.478 e.